The van der Waals surface area contributed by atoms with Gasteiger partial charge in [0.2, 0.25) is 0 Å². The van der Waals surface area contributed by atoms with Gasteiger partial charge in [-0.25, -0.2) is 4.98 Å². The van der Waals surface area contributed by atoms with Crippen LogP contribution >= 0.6 is 0 Å². The highest BCUT2D eigenvalue weighted by molar-refractivity contribution is 4.98. The normalized spacial score (nSPS) is 24.3. The molecule has 2 N–H and O–H groups in total. The standard InChI is InChI=1S/C14H25N3O/c1-2-3-13-10-16-11-17(13)8-9-18-14-6-4-12(15)5-7-14/h10-12,14H,2-9,15H2,1H3. The lowest BCUT2D eigenvalue weighted by Gasteiger charge is -2.26. The molecule has 0 atom stereocenters. The van der Waals surface area contributed by atoms with E-state index in [4.69, 9.17) is 10.5 Å². The van der Waals surface area contributed by atoms with Crippen molar-refractivity contribution in [2.75, 3.05) is 6.61 Å². The Kier molecular flexibility index (Phi) is 5.20. The number of nitrogens with two attached hydrogens (primary N) is 1. The Bertz CT molecular complexity index is 343. The molecule has 1 saturated carbocycles. The lowest BCUT2D eigenvalue weighted by Crippen LogP contribution is -2.30. The first-order valence-corrected chi connectivity index (χ1v) is 7.15. The quantitative estimate of drug-likeness (QED) is 0.842. The van der Waals surface area contributed by atoms with Gasteiger partial charge in [0.15, 0.2) is 0 Å². The zero-order chi connectivity index (χ0) is 12.8. The topological polar surface area (TPSA) is 53.1 Å². The molecule has 1 aliphatic rings. The minimum Gasteiger partial charge on any atom is -0.376 e. The molecule has 1 aromatic rings. The van der Waals surface area contributed by atoms with Gasteiger partial charge < -0.3 is 15.0 Å². The van der Waals surface area contributed by atoms with Gasteiger partial charge in [0.25, 0.3) is 0 Å². The Morgan fingerprint density at radius 2 is 2.17 bits per heavy atom. The SMILES string of the molecule is CCCc1cncn1CCOC1CCC(N)CC1. The molecule has 0 saturated heterocycles. The van der Waals surface area contributed by atoms with Gasteiger partial charge in [0.05, 0.1) is 19.0 Å². The van der Waals surface area contributed by atoms with Crippen molar-refractivity contribution in [3.8, 4) is 0 Å². The summed E-state index contributed by atoms with van der Waals surface area (Å²) in [7, 11) is 0. The summed E-state index contributed by atoms with van der Waals surface area (Å²) in [5.74, 6) is 0. The molecule has 2 rings (SSSR count). The average Bonchev–Trinajstić information content (AvgIpc) is 2.80. The lowest BCUT2D eigenvalue weighted by molar-refractivity contribution is 0.0207. The Morgan fingerprint density at radius 3 is 2.89 bits per heavy atom. The molecule has 1 aromatic heterocycles. The molecule has 0 spiro atoms. The summed E-state index contributed by atoms with van der Waals surface area (Å²) >= 11 is 0. The highest BCUT2D eigenvalue weighted by Gasteiger charge is 2.18. The van der Waals surface area contributed by atoms with Crippen molar-refractivity contribution < 1.29 is 4.74 Å². The third kappa shape index (κ3) is 3.82. The molecule has 1 fully saturated rings. The average molecular weight is 251 g/mol. The van der Waals surface area contributed by atoms with Gasteiger partial charge in [0.1, 0.15) is 0 Å². The van der Waals surface area contributed by atoms with E-state index in [0.717, 1.165) is 51.7 Å². The minimum atomic E-state index is 0.398. The van der Waals surface area contributed by atoms with Gasteiger partial charge in [-0.1, -0.05) is 13.3 Å². The summed E-state index contributed by atoms with van der Waals surface area (Å²) in [6.45, 7) is 3.89. The maximum atomic E-state index is 5.93. The molecule has 4 heteroatoms. The summed E-state index contributed by atoms with van der Waals surface area (Å²) in [6, 6.07) is 0.398. The van der Waals surface area contributed by atoms with Crippen LogP contribution in [0, 0.1) is 0 Å². The van der Waals surface area contributed by atoms with Crippen LogP contribution in [-0.2, 0) is 17.7 Å². The second-order valence-electron chi connectivity index (χ2n) is 5.24. The fraction of sp³-hybridized carbons (Fsp3) is 0.786. The molecule has 0 unspecified atom stereocenters. The first kappa shape index (κ1) is 13.6. The van der Waals surface area contributed by atoms with Crippen molar-refractivity contribution >= 4 is 0 Å². The number of aryl methyl sites for hydroxylation is 1. The summed E-state index contributed by atoms with van der Waals surface area (Å²) < 4.78 is 8.14. The number of nitrogens with zero attached hydrogens (tertiary/aromatic N) is 2. The van der Waals surface area contributed by atoms with E-state index in [1.165, 1.54) is 5.69 Å². The van der Waals surface area contributed by atoms with Gasteiger partial charge >= 0.3 is 0 Å². The molecule has 4 nitrogen and oxygen atoms in total. The van der Waals surface area contributed by atoms with Crippen LogP contribution < -0.4 is 5.73 Å². The number of hydrogen-bond donors (Lipinski definition) is 1. The van der Waals surface area contributed by atoms with Crippen molar-refractivity contribution in [3.63, 3.8) is 0 Å². The van der Waals surface area contributed by atoms with E-state index >= 15 is 0 Å². The van der Waals surface area contributed by atoms with Crippen LogP contribution in [-0.4, -0.2) is 28.3 Å². The fourth-order valence-electron chi connectivity index (χ4n) is 2.59. The summed E-state index contributed by atoms with van der Waals surface area (Å²) in [4.78, 5) is 4.21. The van der Waals surface area contributed by atoms with Crippen molar-refractivity contribution in [1.29, 1.82) is 0 Å². The molecule has 0 amide bonds. The minimum absolute atomic E-state index is 0.398. The van der Waals surface area contributed by atoms with Gasteiger partial charge in [-0.2, -0.15) is 0 Å². The smallest absolute Gasteiger partial charge is 0.0948 e. The highest BCUT2D eigenvalue weighted by atomic mass is 16.5. The Hall–Kier alpha value is -0.870. The number of rotatable bonds is 6. The Morgan fingerprint density at radius 1 is 1.39 bits per heavy atom. The summed E-state index contributed by atoms with van der Waals surface area (Å²) in [5.41, 5.74) is 7.20. The Labute approximate surface area is 110 Å². The molecule has 1 heterocycles. The second-order valence-corrected chi connectivity index (χ2v) is 5.24. The van der Waals surface area contributed by atoms with Crippen LogP contribution in [0.2, 0.25) is 0 Å². The molecule has 0 aliphatic heterocycles. The van der Waals surface area contributed by atoms with Gasteiger partial charge in [0, 0.05) is 24.5 Å². The van der Waals surface area contributed by atoms with E-state index in [2.05, 4.69) is 16.5 Å². The molecule has 0 radical (unpaired) electrons. The van der Waals surface area contributed by atoms with Crippen LogP contribution in [0.3, 0.4) is 0 Å². The largest absolute Gasteiger partial charge is 0.376 e. The van der Waals surface area contributed by atoms with Gasteiger partial charge in [-0.15, -0.1) is 0 Å². The fourth-order valence-corrected chi connectivity index (χ4v) is 2.59. The first-order valence-electron chi connectivity index (χ1n) is 7.15. The molecule has 18 heavy (non-hydrogen) atoms. The highest BCUT2D eigenvalue weighted by Crippen LogP contribution is 2.19. The zero-order valence-corrected chi connectivity index (χ0v) is 11.3. The molecule has 0 aromatic carbocycles. The van der Waals surface area contributed by atoms with Crippen molar-refractivity contribution in [2.45, 2.75) is 64.1 Å². The second kappa shape index (κ2) is 6.90. The Balaban J connectivity index is 1.70. The zero-order valence-electron chi connectivity index (χ0n) is 11.3. The van der Waals surface area contributed by atoms with Crippen molar-refractivity contribution in [1.82, 2.24) is 9.55 Å². The van der Waals surface area contributed by atoms with E-state index in [0.29, 0.717) is 12.1 Å². The third-order valence-electron chi connectivity index (χ3n) is 3.71. The van der Waals surface area contributed by atoms with E-state index in [-0.39, 0.29) is 0 Å². The maximum Gasteiger partial charge on any atom is 0.0948 e. The summed E-state index contributed by atoms with van der Waals surface area (Å²) in [5, 5.41) is 0. The molecule has 0 bridgehead atoms. The predicted molar refractivity (Wildman–Crippen MR) is 72.4 cm³/mol. The van der Waals surface area contributed by atoms with Crippen molar-refractivity contribution in [3.05, 3.63) is 18.2 Å². The van der Waals surface area contributed by atoms with Crippen LogP contribution in [0.5, 0.6) is 0 Å². The van der Waals surface area contributed by atoms with Crippen LogP contribution in [0.15, 0.2) is 12.5 Å². The predicted octanol–water partition coefficient (Wildman–Crippen LogP) is 2.12. The molecule has 1 aliphatic carbocycles. The molecular formula is C14H25N3O. The number of aromatic nitrogens is 2. The summed E-state index contributed by atoms with van der Waals surface area (Å²) in [6.07, 6.45) is 11.0. The molecule has 102 valence electrons. The van der Waals surface area contributed by atoms with E-state index in [1.807, 2.05) is 12.5 Å². The lowest BCUT2D eigenvalue weighted by atomic mass is 9.94. The number of imidazole rings is 1. The van der Waals surface area contributed by atoms with Crippen LogP contribution in [0.4, 0.5) is 0 Å². The van der Waals surface area contributed by atoms with Crippen molar-refractivity contribution in [2.24, 2.45) is 5.73 Å². The van der Waals surface area contributed by atoms with E-state index in [1.54, 1.807) is 0 Å². The van der Waals surface area contributed by atoms with E-state index < -0.39 is 0 Å². The molecular weight excluding hydrogens is 226 g/mol. The van der Waals surface area contributed by atoms with Crippen LogP contribution in [0.25, 0.3) is 0 Å². The number of ether oxygens (including phenoxy) is 1. The van der Waals surface area contributed by atoms with E-state index in [9.17, 15) is 0 Å². The first-order chi connectivity index (χ1) is 8.79. The van der Waals surface area contributed by atoms with Crippen LogP contribution in [0.1, 0.15) is 44.7 Å². The third-order valence-corrected chi connectivity index (χ3v) is 3.71. The van der Waals surface area contributed by atoms with Gasteiger partial charge in [-0.05, 0) is 32.1 Å². The van der Waals surface area contributed by atoms with Gasteiger partial charge in [-0.3, -0.25) is 0 Å². The maximum absolute atomic E-state index is 5.93. The number of hydrogen-bond acceptors (Lipinski definition) is 3. The monoisotopic (exact) mass is 251 g/mol.